The molecular formula is C22H27NO8S. The van der Waals surface area contributed by atoms with Crippen LogP contribution >= 0.6 is 0 Å². The summed E-state index contributed by atoms with van der Waals surface area (Å²) in [5, 5.41) is 0. The van der Waals surface area contributed by atoms with Crippen molar-refractivity contribution in [3.8, 4) is 28.7 Å². The minimum absolute atomic E-state index is 0.111. The first-order valence-electron chi connectivity index (χ1n) is 9.99. The lowest BCUT2D eigenvalue weighted by molar-refractivity contribution is -0.140. The Hall–Kier alpha value is -2.98. The summed E-state index contributed by atoms with van der Waals surface area (Å²) in [7, 11) is 2.22. The van der Waals surface area contributed by atoms with Gasteiger partial charge in [-0.25, -0.2) is 8.42 Å². The summed E-state index contributed by atoms with van der Waals surface area (Å²) in [6.45, 7) is 0.412. The number of sulfonamides is 1. The zero-order chi connectivity index (χ0) is 23.3. The van der Waals surface area contributed by atoms with Crippen LogP contribution in [0.4, 0.5) is 0 Å². The van der Waals surface area contributed by atoms with E-state index in [2.05, 4.69) is 0 Å². The Labute approximate surface area is 187 Å². The highest BCUT2D eigenvalue weighted by atomic mass is 32.2. The van der Waals surface area contributed by atoms with Crippen LogP contribution in [-0.2, 0) is 14.8 Å². The first-order chi connectivity index (χ1) is 15.3. The third kappa shape index (κ3) is 5.08. The van der Waals surface area contributed by atoms with Crippen LogP contribution in [0.2, 0.25) is 0 Å². The molecule has 0 bridgehead atoms. The number of carbonyl (C=O) groups is 1. The van der Waals surface area contributed by atoms with Crippen molar-refractivity contribution in [3.63, 3.8) is 0 Å². The quantitative estimate of drug-likeness (QED) is 0.433. The maximum absolute atomic E-state index is 13.0. The number of methoxy groups -OCH3 is 4. The monoisotopic (exact) mass is 465 g/mol. The van der Waals surface area contributed by atoms with Gasteiger partial charge in [-0.2, -0.15) is 4.31 Å². The average molecular weight is 466 g/mol. The van der Waals surface area contributed by atoms with E-state index in [0.717, 1.165) is 0 Å². The van der Waals surface area contributed by atoms with Crippen LogP contribution in [0.25, 0.3) is 0 Å². The maximum Gasteiger partial charge on any atom is 0.314 e. The third-order valence-electron chi connectivity index (χ3n) is 5.32. The van der Waals surface area contributed by atoms with Crippen LogP contribution in [0.1, 0.15) is 12.8 Å². The molecular weight excluding hydrogens is 438 g/mol. The van der Waals surface area contributed by atoms with Gasteiger partial charge in [0.15, 0.2) is 11.5 Å². The average Bonchev–Trinajstić information content (AvgIpc) is 2.83. The van der Waals surface area contributed by atoms with Crippen molar-refractivity contribution in [3.05, 3.63) is 36.4 Å². The van der Waals surface area contributed by atoms with Crippen LogP contribution in [0, 0.1) is 5.92 Å². The summed E-state index contributed by atoms with van der Waals surface area (Å²) in [4.78, 5) is 12.8. The second-order valence-electron chi connectivity index (χ2n) is 7.16. The number of esters is 1. The summed E-state index contributed by atoms with van der Waals surface area (Å²) >= 11 is 0. The first kappa shape index (κ1) is 23.7. The second-order valence-corrected chi connectivity index (χ2v) is 9.10. The van der Waals surface area contributed by atoms with Gasteiger partial charge >= 0.3 is 5.97 Å². The number of benzene rings is 2. The van der Waals surface area contributed by atoms with E-state index in [-0.39, 0.29) is 18.0 Å². The fraction of sp³-hybridized carbons (Fsp3) is 0.409. The van der Waals surface area contributed by atoms with Gasteiger partial charge in [-0.1, -0.05) is 0 Å². The van der Waals surface area contributed by atoms with Crippen molar-refractivity contribution >= 4 is 16.0 Å². The molecule has 174 valence electrons. The van der Waals surface area contributed by atoms with Crippen molar-refractivity contribution < 1.29 is 36.9 Å². The number of ether oxygens (including phenoxy) is 5. The molecule has 3 rings (SSSR count). The molecule has 0 saturated carbocycles. The SMILES string of the molecule is COc1cc(OC)cc(OC(=O)C2CCN(S(=O)(=O)c3ccc(OC)c(OC)c3)CC2)c1. The molecule has 10 heteroatoms. The van der Waals surface area contributed by atoms with E-state index in [1.165, 1.54) is 44.9 Å². The molecule has 0 aliphatic carbocycles. The van der Waals surface area contributed by atoms with Crippen LogP contribution in [-0.4, -0.2) is 60.2 Å². The molecule has 2 aromatic rings. The number of carbonyl (C=O) groups excluding carboxylic acids is 1. The predicted octanol–water partition coefficient (Wildman–Crippen LogP) is 2.73. The van der Waals surface area contributed by atoms with E-state index in [1.54, 1.807) is 24.3 Å². The zero-order valence-corrected chi connectivity index (χ0v) is 19.3. The van der Waals surface area contributed by atoms with Crippen molar-refractivity contribution in [1.29, 1.82) is 0 Å². The van der Waals surface area contributed by atoms with E-state index < -0.39 is 21.9 Å². The van der Waals surface area contributed by atoms with Gasteiger partial charge in [0.25, 0.3) is 0 Å². The molecule has 0 aromatic heterocycles. The number of rotatable bonds is 8. The minimum atomic E-state index is -3.73. The van der Waals surface area contributed by atoms with E-state index in [4.69, 9.17) is 23.7 Å². The Kier molecular flexibility index (Phi) is 7.47. The molecule has 1 aliphatic heterocycles. The summed E-state index contributed by atoms with van der Waals surface area (Å²) in [5.74, 6) is 1.27. The molecule has 0 atom stereocenters. The van der Waals surface area contributed by atoms with Crippen molar-refractivity contribution in [2.75, 3.05) is 41.5 Å². The highest BCUT2D eigenvalue weighted by Gasteiger charge is 2.33. The normalized spacial score (nSPS) is 15.1. The highest BCUT2D eigenvalue weighted by molar-refractivity contribution is 7.89. The van der Waals surface area contributed by atoms with Gasteiger partial charge in [0.2, 0.25) is 10.0 Å². The Bertz CT molecular complexity index is 1040. The lowest BCUT2D eigenvalue weighted by Gasteiger charge is -2.30. The van der Waals surface area contributed by atoms with E-state index in [9.17, 15) is 13.2 Å². The molecule has 1 fully saturated rings. The fourth-order valence-electron chi connectivity index (χ4n) is 3.50. The molecule has 1 saturated heterocycles. The number of hydrogen-bond donors (Lipinski definition) is 0. The molecule has 0 amide bonds. The fourth-order valence-corrected chi connectivity index (χ4v) is 4.98. The molecule has 9 nitrogen and oxygen atoms in total. The van der Waals surface area contributed by atoms with Gasteiger partial charge in [-0.05, 0) is 25.0 Å². The minimum Gasteiger partial charge on any atom is -0.496 e. The predicted molar refractivity (Wildman–Crippen MR) is 116 cm³/mol. The molecule has 0 N–H and O–H groups in total. The summed E-state index contributed by atoms with van der Waals surface area (Å²) in [5.41, 5.74) is 0. The van der Waals surface area contributed by atoms with Gasteiger partial charge in [0.05, 0.1) is 39.3 Å². The Morgan fingerprint density at radius 3 is 1.91 bits per heavy atom. The molecule has 1 heterocycles. The van der Waals surface area contributed by atoms with Crippen LogP contribution in [0.5, 0.6) is 28.7 Å². The highest BCUT2D eigenvalue weighted by Crippen LogP contribution is 2.33. The van der Waals surface area contributed by atoms with Crippen molar-refractivity contribution in [1.82, 2.24) is 4.31 Å². The van der Waals surface area contributed by atoms with Gasteiger partial charge in [-0.15, -0.1) is 0 Å². The third-order valence-corrected chi connectivity index (χ3v) is 7.22. The molecule has 0 spiro atoms. The summed E-state index contributed by atoms with van der Waals surface area (Å²) in [6, 6.07) is 9.33. The van der Waals surface area contributed by atoms with E-state index in [0.29, 0.717) is 41.6 Å². The lowest BCUT2D eigenvalue weighted by Crippen LogP contribution is -2.41. The molecule has 32 heavy (non-hydrogen) atoms. The van der Waals surface area contributed by atoms with Crippen LogP contribution in [0.3, 0.4) is 0 Å². The number of nitrogens with zero attached hydrogens (tertiary/aromatic N) is 1. The van der Waals surface area contributed by atoms with Gasteiger partial charge in [-0.3, -0.25) is 4.79 Å². The summed E-state index contributed by atoms with van der Waals surface area (Å²) < 4.78 is 53.7. The standard InChI is InChI=1S/C22H27NO8S/c1-27-16-11-17(28-2)13-18(12-16)31-22(24)15-7-9-23(10-8-15)32(25,26)19-5-6-20(29-3)21(14-19)30-4/h5-6,11-15H,7-10H2,1-4H3. The molecule has 2 aromatic carbocycles. The Morgan fingerprint density at radius 2 is 1.38 bits per heavy atom. The van der Waals surface area contributed by atoms with E-state index in [1.807, 2.05) is 0 Å². The second kappa shape index (κ2) is 10.1. The van der Waals surface area contributed by atoms with E-state index >= 15 is 0 Å². The number of piperidine rings is 1. The van der Waals surface area contributed by atoms with Gasteiger partial charge < -0.3 is 23.7 Å². The molecule has 0 unspecified atom stereocenters. The summed E-state index contributed by atoms with van der Waals surface area (Å²) in [6.07, 6.45) is 0.707. The van der Waals surface area contributed by atoms with Gasteiger partial charge in [0.1, 0.15) is 17.2 Å². The van der Waals surface area contributed by atoms with Gasteiger partial charge in [0, 0.05) is 37.4 Å². The smallest absolute Gasteiger partial charge is 0.314 e. The van der Waals surface area contributed by atoms with Crippen molar-refractivity contribution in [2.24, 2.45) is 5.92 Å². The Morgan fingerprint density at radius 1 is 0.812 bits per heavy atom. The van der Waals surface area contributed by atoms with Crippen LogP contribution < -0.4 is 23.7 Å². The van der Waals surface area contributed by atoms with Crippen molar-refractivity contribution in [2.45, 2.75) is 17.7 Å². The Balaban J connectivity index is 1.66. The number of hydrogen-bond acceptors (Lipinski definition) is 8. The molecule has 1 aliphatic rings. The maximum atomic E-state index is 13.0. The zero-order valence-electron chi connectivity index (χ0n) is 18.5. The van der Waals surface area contributed by atoms with Crippen LogP contribution in [0.15, 0.2) is 41.3 Å². The lowest BCUT2D eigenvalue weighted by atomic mass is 9.98. The first-order valence-corrected chi connectivity index (χ1v) is 11.4. The largest absolute Gasteiger partial charge is 0.496 e. The topological polar surface area (TPSA) is 101 Å². The molecule has 0 radical (unpaired) electrons.